The van der Waals surface area contributed by atoms with Crippen LogP contribution in [-0.2, 0) is 10.0 Å². The molecule has 0 aliphatic carbocycles. The number of amides is 1. The van der Waals surface area contributed by atoms with Crippen molar-refractivity contribution >= 4 is 28.1 Å². The molecular formula is C29H33N3O5S. The molecule has 0 unspecified atom stereocenters. The molecule has 0 fully saturated rings. The Morgan fingerprint density at radius 2 is 1.82 bits per heavy atom. The highest BCUT2D eigenvalue weighted by Gasteiger charge is 2.38. The number of aromatic nitrogens is 1. The molecule has 8 nitrogen and oxygen atoms in total. The Balaban J connectivity index is 1.70. The van der Waals surface area contributed by atoms with Gasteiger partial charge in [-0.2, -0.15) is 4.31 Å². The number of hydrogen-bond donors (Lipinski definition) is 1. The van der Waals surface area contributed by atoms with Gasteiger partial charge in [-0.15, -0.1) is 0 Å². The third kappa shape index (κ3) is 6.12. The van der Waals surface area contributed by atoms with Gasteiger partial charge in [0.25, 0.3) is 5.91 Å². The van der Waals surface area contributed by atoms with Crippen LogP contribution in [0, 0.1) is 5.92 Å². The zero-order valence-electron chi connectivity index (χ0n) is 21.8. The predicted molar refractivity (Wildman–Crippen MR) is 147 cm³/mol. The first-order valence-electron chi connectivity index (χ1n) is 12.5. The standard InChI is InChI=1S/C29H33N3O5S/c1-21-18-32(22(2)20-33)38(35,36)28-12-11-24(10-9-23-7-5-4-6-8-23)17-26(28)37-27(21)19-31(3)29(34)25-13-15-30-16-14-25/h4-17,21-22,27,33H,18-20H2,1-3H3/b10-9+/t21-,22+,27+/m1/s1. The van der Waals surface area contributed by atoms with Crippen molar-refractivity contribution in [3.8, 4) is 5.75 Å². The number of carbonyl (C=O) groups excluding carboxylic acids is 1. The van der Waals surface area contributed by atoms with E-state index in [1.54, 1.807) is 61.6 Å². The lowest BCUT2D eigenvalue weighted by molar-refractivity contribution is 0.0563. The fourth-order valence-electron chi connectivity index (χ4n) is 4.39. The molecule has 2 heterocycles. The monoisotopic (exact) mass is 535 g/mol. The van der Waals surface area contributed by atoms with Gasteiger partial charge >= 0.3 is 0 Å². The van der Waals surface area contributed by atoms with Gasteiger partial charge < -0.3 is 14.7 Å². The summed E-state index contributed by atoms with van der Waals surface area (Å²) in [4.78, 5) is 18.6. The number of sulfonamides is 1. The van der Waals surface area contributed by atoms with Crippen molar-refractivity contribution in [1.29, 1.82) is 0 Å². The van der Waals surface area contributed by atoms with Crippen LogP contribution in [0.3, 0.4) is 0 Å². The quantitative estimate of drug-likeness (QED) is 0.462. The highest BCUT2D eigenvalue weighted by atomic mass is 32.2. The number of aliphatic hydroxyl groups excluding tert-OH is 1. The van der Waals surface area contributed by atoms with E-state index in [1.807, 2.05) is 49.4 Å². The van der Waals surface area contributed by atoms with Gasteiger partial charge in [0, 0.05) is 43.5 Å². The van der Waals surface area contributed by atoms with Crippen LogP contribution in [0.4, 0.5) is 0 Å². The fraction of sp³-hybridized carbons (Fsp3) is 0.310. The van der Waals surface area contributed by atoms with Gasteiger partial charge in [-0.1, -0.05) is 55.5 Å². The van der Waals surface area contributed by atoms with E-state index in [-0.39, 0.29) is 42.2 Å². The van der Waals surface area contributed by atoms with Crippen molar-refractivity contribution in [3.05, 3.63) is 89.7 Å². The average molecular weight is 536 g/mol. The number of aliphatic hydroxyl groups is 1. The lowest BCUT2D eigenvalue weighted by Gasteiger charge is -2.37. The maximum absolute atomic E-state index is 13.7. The molecule has 1 amide bonds. The molecule has 0 radical (unpaired) electrons. The van der Waals surface area contributed by atoms with Crippen LogP contribution in [0.1, 0.15) is 35.3 Å². The Kier molecular flexibility index (Phi) is 8.61. The molecule has 0 saturated carbocycles. The average Bonchev–Trinajstić information content (AvgIpc) is 2.93. The molecule has 1 aromatic heterocycles. The van der Waals surface area contributed by atoms with Gasteiger partial charge in [0.15, 0.2) is 0 Å². The smallest absolute Gasteiger partial charge is 0.253 e. The van der Waals surface area contributed by atoms with Crippen molar-refractivity contribution in [1.82, 2.24) is 14.2 Å². The van der Waals surface area contributed by atoms with Crippen molar-refractivity contribution in [3.63, 3.8) is 0 Å². The number of carbonyl (C=O) groups is 1. The van der Waals surface area contributed by atoms with Gasteiger partial charge in [0.2, 0.25) is 10.0 Å². The zero-order valence-corrected chi connectivity index (χ0v) is 22.6. The van der Waals surface area contributed by atoms with Crippen LogP contribution in [0.5, 0.6) is 5.75 Å². The lowest BCUT2D eigenvalue weighted by Crippen LogP contribution is -2.50. The van der Waals surface area contributed by atoms with Crippen LogP contribution < -0.4 is 4.74 Å². The first-order chi connectivity index (χ1) is 18.2. The number of nitrogens with zero attached hydrogens (tertiary/aromatic N) is 3. The predicted octanol–water partition coefficient (Wildman–Crippen LogP) is 3.79. The minimum Gasteiger partial charge on any atom is -0.487 e. The minimum atomic E-state index is -3.95. The van der Waals surface area contributed by atoms with E-state index in [4.69, 9.17) is 4.74 Å². The summed E-state index contributed by atoms with van der Waals surface area (Å²) < 4.78 is 35.1. The third-order valence-corrected chi connectivity index (χ3v) is 8.71. The Morgan fingerprint density at radius 3 is 2.50 bits per heavy atom. The van der Waals surface area contributed by atoms with Crippen molar-refractivity contribution in [2.75, 3.05) is 26.7 Å². The largest absolute Gasteiger partial charge is 0.487 e. The van der Waals surface area contributed by atoms with E-state index in [0.717, 1.165) is 11.1 Å². The molecule has 0 saturated heterocycles. The Hall–Kier alpha value is -3.53. The van der Waals surface area contributed by atoms with Crippen LogP contribution in [-0.4, -0.2) is 72.5 Å². The Morgan fingerprint density at radius 1 is 1.13 bits per heavy atom. The maximum atomic E-state index is 13.7. The molecule has 0 spiro atoms. The fourth-order valence-corrected chi connectivity index (χ4v) is 6.21. The number of rotatable bonds is 7. The SMILES string of the molecule is C[C@@H]1CN([C@@H](C)CO)S(=O)(=O)c2ccc(/C=C/c3ccccc3)cc2O[C@H]1CN(C)C(=O)c1ccncc1. The van der Waals surface area contributed by atoms with Gasteiger partial charge in [-0.3, -0.25) is 9.78 Å². The molecule has 0 bridgehead atoms. The molecule has 3 aromatic rings. The van der Waals surface area contributed by atoms with E-state index < -0.39 is 22.2 Å². The molecule has 3 atom stereocenters. The zero-order chi connectivity index (χ0) is 27.3. The summed E-state index contributed by atoms with van der Waals surface area (Å²) in [5, 5.41) is 9.84. The minimum absolute atomic E-state index is 0.0367. The van der Waals surface area contributed by atoms with E-state index in [9.17, 15) is 18.3 Å². The number of benzene rings is 2. The summed E-state index contributed by atoms with van der Waals surface area (Å²) in [6.45, 7) is 3.64. The van der Waals surface area contributed by atoms with E-state index >= 15 is 0 Å². The van der Waals surface area contributed by atoms with E-state index in [1.165, 1.54) is 4.31 Å². The second kappa shape index (κ2) is 11.9. The van der Waals surface area contributed by atoms with Gasteiger partial charge in [-0.05, 0) is 42.3 Å². The number of ether oxygens (including phenoxy) is 1. The summed E-state index contributed by atoms with van der Waals surface area (Å²) in [6, 6.07) is 17.5. The van der Waals surface area contributed by atoms with Crippen LogP contribution in [0.25, 0.3) is 12.2 Å². The van der Waals surface area contributed by atoms with Crippen LogP contribution >= 0.6 is 0 Å². The summed E-state index contributed by atoms with van der Waals surface area (Å²) in [6.07, 6.45) is 6.48. The second-order valence-electron chi connectivity index (χ2n) is 9.61. The number of likely N-dealkylation sites (N-methyl/N-ethyl adjacent to an activating group) is 1. The Bertz CT molecular complexity index is 1380. The van der Waals surface area contributed by atoms with Gasteiger partial charge in [0.1, 0.15) is 16.7 Å². The number of pyridine rings is 1. The highest BCUT2D eigenvalue weighted by molar-refractivity contribution is 7.89. The van der Waals surface area contributed by atoms with Crippen molar-refractivity contribution in [2.24, 2.45) is 5.92 Å². The normalized spacial score (nSPS) is 20.1. The first-order valence-corrected chi connectivity index (χ1v) is 14.0. The number of hydrogen-bond acceptors (Lipinski definition) is 6. The summed E-state index contributed by atoms with van der Waals surface area (Å²) >= 11 is 0. The Labute approximate surface area is 224 Å². The molecule has 9 heteroatoms. The summed E-state index contributed by atoms with van der Waals surface area (Å²) in [7, 11) is -2.25. The van der Waals surface area contributed by atoms with Crippen LogP contribution in [0.15, 0.2) is 78.0 Å². The molecule has 1 aliphatic rings. The molecule has 38 heavy (non-hydrogen) atoms. The maximum Gasteiger partial charge on any atom is 0.253 e. The van der Waals surface area contributed by atoms with E-state index in [0.29, 0.717) is 5.56 Å². The number of fused-ring (bicyclic) bond motifs is 1. The summed E-state index contributed by atoms with van der Waals surface area (Å²) in [5.74, 6) is -0.238. The van der Waals surface area contributed by atoms with Crippen LogP contribution in [0.2, 0.25) is 0 Å². The third-order valence-electron chi connectivity index (χ3n) is 6.69. The van der Waals surface area contributed by atoms with Crippen molar-refractivity contribution in [2.45, 2.75) is 30.9 Å². The molecule has 1 aliphatic heterocycles. The molecule has 2 aromatic carbocycles. The lowest BCUT2D eigenvalue weighted by atomic mass is 10.0. The van der Waals surface area contributed by atoms with Crippen molar-refractivity contribution < 1.29 is 23.1 Å². The molecule has 4 rings (SSSR count). The topological polar surface area (TPSA) is 100 Å². The molecular weight excluding hydrogens is 502 g/mol. The summed E-state index contributed by atoms with van der Waals surface area (Å²) in [5.41, 5.74) is 2.30. The highest BCUT2D eigenvalue weighted by Crippen LogP contribution is 2.34. The second-order valence-corrected chi connectivity index (χ2v) is 11.5. The molecule has 1 N–H and O–H groups in total. The first kappa shape index (κ1) is 27.5. The van der Waals surface area contributed by atoms with E-state index in [2.05, 4.69) is 4.98 Å². The molecule has 200 valence electrons. The van der Waals surface area contributed by atoms with Gasteiger partial charge in [-0.25, -0.2) is 8.42 Å². The van der Waals surface area contributed by atoms with Gasteiger partial charge in [0.05, 0.1) is 13.2 Å².